The molecule has 3 heterocycles. The molecule has 140 valence electrons. The molecule has 9 nitrogen and oxygen atoms in total. The van der Waals surface area contributed by atoms with Gasteiger partial charge in [-0.25, -0.2) is 0 Å². The monoisotopic (exact) mass is 388 g/mol. The van der Waals surface area contributed by atoms with Gasteiger partial charge in [0.15, 0.2) is 16.3 Å². The third-order valence-corrected chi connectivity index (χ3v) is 5.05. The highest BCUT2D eigenvalue weighted by molar-refractivity contribution is 7.16. The number of carbonyl (C=O) groups is 2. The van der Waals surface area contributed by atoms with Gasteiger partial charge < -0.3 is 18.8 Å². The van der Waals surface area contributed by atoms with Gasteiger partial charge in [-0.3, -0.25) is 14.3 Å². The molecule has 0 spiro atoms. The van der Waals surface area contributed by atoms with Gasteiger partial charge in [-0.1, -0.05) is 11.3 Å². The highest BCUT2D eigenvalue weighted by Crippen LogP contribution is 2.37. The van der Waals surface area contributed by atoms with Crippen LogP contribution in [0.5, 0.6) is 11.5 Å². The van der Waals surface area contributed by atoms with Crippen LogP contribution in [-0.2, 0) is 23.1 Å². The summed E-state index contributed by atoms with van der Waals surface area (Å²) in [6, 6.07) is 5.18. The number of ether oxygens (including phenoxy) is 3. The molecular weight excluding hydrogens is 372 g/mol. The molecule has 2 aromatic heterocycles. The van der Waals surface area contributed by atoms with E-state index in [4.69, 9.17) is 14.2 Å². The van der Waals surface area contributed by atoms with Crippen LogP contribution in [0.15, 0.2) is 29.4 Å². The molecule has 0 atom stereocenters. The van der Waals surface area contributed by atoms with Crippen LogP contribution in [0, 0.1) is 0 Å². The smallest absolute Gasteiger partial charge is 0.326 e. The van der Waals surface area contributed by atoms with E-state index in [1.807, 2.05) is 6.07 Å². The van der Waals surface area contributed by atoms with Crippen molar-refractivity contribution < 1.29 is 23.8 Å². The molecule has 1 aromatic carbocycles. The first-order valence-corrected chi connectivity index (χ1v) is 9.04. The van der Waals surface area contributed by atoms with Crippen molar-refractivity contribution in [3.8, 4) is 11.5 Å². The Labute approximate surface area is 157 Å². The Bertz CT molecular complexity index is 1110. The number of aromatic nitrogens is 3. The zero-order chi connectivity index (χ0) is 19.0. The Kier molecular flexibility index (Phi) is 4.40. The van der Waals surface area contributed by atoms with Crippen molar-refractivity contribution in [2.75, 3.05) is 13.4 Å². The van der Waals surface area contributed by atoms with Crippen molar-refractivity contribution in [1.29, 1.82) is 0 Å². The molecule has 10 heteroatoms. The third kappa shape index (κ3) is 3.19. The summed E-state index contributed by atoms with van der Waals surface area (Å²) in [5.74, 6) is 0.350. The second kappa shape index (κ2) is 6.88. The van der Waals surface area contributed by atoms with Gasteiger partial charge in [0.25, 0.3) is 5.91 Å². The SMILES string of the molecule is CCOC(=O)Cn1c(=NC(=O)c2ccnn2C)sc2cc3c(cc21)OCO3. The zero-order valence-electron chi connectivity index (χ0n) is 14.7. The number of carbonyl (C=O) groups excluding carboxylic acids is 2. The normalized spacial score (nSPS) is 13.3. The summed E-state index contributed by atoms with van der Waals surface area (Å²) in [7, 11) is 1.67. The van der Waals surface area contributed by atoms with E-state index < -0.39 is 11.9 Å². The Morgan fingerprint density at radius 3 is 2.81 bits per heavy atom. The van der Waals surface area contributed by atoms with Gasteiger partial charge in [-0.2, -0.15) is 10.1 Å². The molecule has 3 aromatic rings. The van der Waals surface area contributed by atoms with Crippen molar-refractivity contribution >= 4 is 33.4 Å². The van der Waals surface area contributed by atoms with Crippen molar-refractivity contribution in [3.05, 3.63) is 34.9 Å². The van der Waals surface area contributed by atoms with Crippen molar-refractivity contribution in [1.82, 2.24) is 14.3 Å². The number of fused-ring (bicyclic) bond motifs is 2. The average molecular weight is 388 g/mol. The molecule has 0 saturated heterocycles. The summed E-state index contributed by atoms with van der Waals surface area (Å²) in [4.78, 5) is 29.2. The minimum atomic E-state index is -0.445. The lowest BCUT2D eigenvalue weighted by atomic mass is 10.3. The van der Waals surface area contributed by atoms with Gasteiger partial charge in [-0.15, -0.1) is 0 Å². The highest BCUT2D eigenvalue weighted by atomic mass is 32.1. The molecule has 27 heavy (non-hydrogen) atoms. The van der Waals surface area contributed by atoms with Crippen LogP contribution >= 0.6 is 11.3 Å². The maximum absolute atomic E-state index is 12.5. The molecule has 1 aliphatic rings. The summed E-state index contributed by atoms with van der Waals surface area (Å²) in [5.41, 5.74) is 1.07. The number of nitrogens with zero attached hydrogens (tertiary/aromatic N) is 4. The number of thiazole rings is 1. The number of aryl methyl sites for hydroxylation is 1. The molecule has 0 saturated carbocycles. The van der Waals surface area contributed by atoms with Crippen LogP contribution in [0.25, 0.3) is 10.2 Å². The molecule has 0 radical (unpaired) electrons. The number of rotatable bonds is 4. The quantitative estimate of drug-likeness (QED) is 0.628. The Hall–Kier alpha value is -3.14. The topological polar surface area (TPSA) is 96.9 Å². The molecular formula is C17H16N4O5S. The van der Waals surface area contributed by atoms with E-state index in [1.165, 1.54) is 22.2 Å². The Morgan fingerprint density at radius 2 is 2.11 bits per heavy atom. The second-order valence-corrected chi connectivity index (χ2v) is 6.72. The fourth-order valence-electron chi connectivity index (χ4n) is 2.76. The second-order valence-electron chi connectivity index (χ2n) is 5.71. The molecule has 0 bridgehead atoms. The predicted molar refractivity (Wildman–Crippen MR) is 95.7 cm³/mol. The van der Waals surface area contributed by atoms with Crippen molar-refractivity contribution in [2.45, 2.75) is 13.5 Å². The molecule has 0 aliphatic carbocycles. The van der Waals surface area contributed by atoms with E-state index in [-0.39, 0.29) is 19.9 Å². The van der Waals surface area contributed by atoms with E-state index in [1.54, 1.807) is 30.7 Å². The summed E-state index contributed by atoms with van der Waals surface area (Å²) in [5, 5.41) is 3.98. The number of benzene rings is 1. The summed E-state index contributed by atoms with van der Waals surface area (Å²) < 4.78 is 19.8. The molecule has 4 rings (SSSR count). The highest BCUT2D eigenvalue weighted by Gasteiger charge is 2.20. The molecule has 0 unspecified atom stereocenters. The Balaban J connectivity index is 1.85. The Morgan fingerprint density at radius 1 is 1.33 bits per heavy atom. The lowest BCUT2D eigenvalue weighted by Gasteiger charge is -2.05. The third-order valence-electron chi connectivity index (χ3n) is 4.01. The average Bonchev–Trinajstić information content (AvgIpc) is 3.33. The lowest BCUT2D eigenvalue weighted by Crippen LogP contribution is -2.23. The summed E-state index contributed by atoms with van der Waals surface area (Å²) in [6.45, 7) is 2.10. The van der Waals surface area contributed by atoms with Crippen LogP contribution in [0.3, 0.4) is 0 Å². The lowest BCUT2D eigenvalue weighted by molar-refractivity contribution is -0.143. The van der Waals surface area contributed by atoms with Gasteiger partial charge in [0.05, 0.1) is 16.8 Å². The van der Waals surface area contributed by atoms with E-state index in [0.29, 0.717) is 27.5 Å². The fraction of sp³-hybridized carbons (Fsp3) is 0.294. The summed E-state index contributed by atoms with van der Waals surface area (Å²) in [6.07, 6.45) is 1.53. The number of esters is 1. The van der Waals surface area contributed by atoms with Crippen LogP contribution in [0.4, 0.5) is 0 Å². The maximum Gasteiger partial charge on any atom is 0.326 e. The van der Waals surface area contributed by atoms with Crippen LogP contribution < -0.4 is 14.3 Å². The first-order valence-electron chi connectivity index (χ1n) is 8.22. The van der Waals surface area contributed by atoms with Gasteiger partial charge in [0.2, 0.25) is 6.79 Å². The molecule has 1 aliphatic heterocycles. The molecule has 0 N–H and O–H groups in total. The van der Waals surface area contributed by atoms with E-state index in [0.717, 1.165) is 4.70 Å². The number of hydrogen-bond acceptors (Lipinski definition) is 7. The largest absolute Gasteiger partial charge is 0.465 e. The van der Waals surface area contributed by atoms with Crippen LogP contribution in [0.1, 0.15) is 17.4 Å². The molecule has 0 fully saturated rings. The van der Waals surface area contributed by atoms with E-state index in [2.05, 4.69) is 10.1 Å². The standard InChI is InChI=1S/C17H16N4O5S/c1-3-24-15(22)8-21-11-6-12-13(26-9-25-12)7-14(11)27-17(21)19-16(23)10-4-5-18-20(10)2/h4-7H,3,8-9H2,1-2H3. The van der Waals surface area contributed by atoms with Crippen molar-refractivity contribution in [2.24, 2.45) is 12.0 Å². The zero-order valence-corrected chi connectivity index (χ0v) is 15.5. The fourth-order valence-corrected chi connectivity index (χ4v) is 3.80. The van der Waals surface area contributed by atoms with Gasteiger partial charge in [-0.05, 0) is 13.0 Å². The van der Waals surface area contributed by atoms with Crippen molar-refractivity contribution in [3.63, 3.8) is 0 Å². The minimum Gasteiger partial charge on any atom is -0.465 e. The van der Waals surface area contributed by atoms with E-state index in [9.17, 15) is 9.59 Å². The van der Waals surface area contributed by atoms with Gasteiger partial charge in [0.1, 0.15) is 12.2 Å². The van der Waals surface area contributed by atoms with Gasteiger partial charge in [0, 0.05) is 25.4 Å². The van der Waals surface area contributed by atoms with Gasteiger partial charge >= 0.3 is 5.97 Å². The predicted octanol–water partition coefficient (Wildman–Crippen LogP) is 1.47. The van der Waals surface area contributed by atoms with Crippen LogP contribution in [0.2, 0.25) is 0 Å². The van der Waals surface area contributed by atoms with Crippen LogP contribution in [-0.4, -0.2) is 39.6 Å². The first kappa shape index (κ1) is 17.3. The number of hydrogen-bond donors (Lipinski definition) is 0. The first-order chi connectivity index (χ1) is 13.1. The van der Waals surface area contributed by atoms with E-state index >= 15 is 0 Å². The molecule has 1 amide bonds. The minimum absolute atomic E-state index is 0.0645. The number of amides is 1. The summed E-state index contributed by atoms with van der Waals surface area (Å²) >= 11 is 1.28. The maximum atomic E-state index is 12.5.